The Morgan fingerprint density at radius 1 is 1.10 bits per heavy atom. The van der Waals surface area contributed by atoms with Crippen molar-refractivity contribution in [3.05, 3.63) is 87.8 Å². The van der Waals surface area contributed by atoms with Crippen LogP contribution in [0.15, 0.2) is 67.0 Å². The van der Waals surface area contributed by atoms with Crippen molar-refractivity contribution in [3.8, 4) is 5.75 Å². The number of aromatic nitrogens is 3. The predicted octanol–water partition coefficient (Wildman–Crippen LogP) is 4.91. The Morgan fingerprint density at radius 2 is 2.00 bits per heavy atom. The van der Waals surface area contributed by atoms with Crippen LogP contribution in [-0.2, 0) is 6.61 Å². The van der Waals surface area contributed by atoms with Gasteiger partial charge in [-0.15, -0.1) is 0 Å². The smallest absolute Gasteiger partial charge is 0.270 e. The van der Waals surface area contributed by atoms with Crippen molar-refractivity contribution in [2.45, 2.75) is 6.61 Å². The third-order valence-electron chi connectivity index (χ3n) is 4.06. The van der Waals surface area contributed by atoms with Crippen LogP contribution >= 0.6 is 11.6 Å². The van der Waals surface area contributed by atoms with Crippen LogP contribution in [0.5, 0.6) is 5.75 Å². The van der Waals surface area contributed by atoms with Crippen LogP contribution in [0.2, 0.25) is 5.02 Å². The summed E-state index contributed by atoms with van der Waals surface area (Å²) in [6, 6.07) is 15.3. The van der Waals surface area contributed by atoms with Crippen molar-refractivity contribution >= 4 is 39.8 Å². The van der Waals surface area contributed by atoms with E-state index in [1.165, 1.54) is 18.3 Å². The van der Waals surface area contributed by atoms with Gasteiger partial charge in [-0.05, 0) is 36.4 Å². The number of hydrogen-bond acceptors (Lipinski definition) is 7. The molecule has 0 spiro atoms. The van der Waals surface area contributed by atoms with Crippen molar-refractivity contribution < 1.29 is 9.66 Å². The van der Waals surface area contributed by atoms with E-state index in [9.17, 15) is 10.1 Å². The van der Waals surface area contributed by atoms with Crippen LogP contribution in [0.4, 0.5) is 17.3 Å². The van der Waals surface area contributed by atoms with Crippen LogP contribution in [-0.4, -0.2) is 19.9 Å². The SMILES string of the molecule is O=[N+]([O-])c1ccc2nc(Nc3ccc(OCc4ccccn4)c(Cl)c3)ncc2c1. The molecule has 29 heavy (non-hydrogen) atoms. The molecule has 1 N–H and O–H groups in total. The van der Waals surface area contributed by atoms with Crippen LogP contribution in [0.1, 0.15) is 5.69 Å². The Bertz CT molecular complexity index is 1190. The van der Waals surface area contributed by atoms with Crippen LogP contribution in [0.25, 0.3) is 10.9 Å². The number of ether oxygens (including phenoxy) is 1. The largest absolute Gasteiger partial charge is 0.486 e. The number of anilines is 2. The monoisotopic (exact) mass is 407 g/mol. The molecule has 0 amide bonds. The molecule has 2 heterocycles. The van der Waals surface area contributed by atoms with Gasteiger partial charge in [0.25, 0.3) is 5.69 Å². The summed E-state index contributed by atoms with van der Waals surface area (Å²) in [5.41, 5.74) is 2.07. The fourth-order valence-corrected chi connectivity index (χ4v) is 2.89. The molecule has 2 aromatic carbocycles. The summed E-state index contributed by atoms with van der Waals surface area (Å²) in [7, 11) is 0. The van der Waals surface area contributed by atoms with E-state index in [-0.39, 0.29) is 5.69 Å². The highest BCUT2D eigenvalue weighted by Crippen LogP contribution is 2.29. The van der Waals surface area contributed by atoms with E-state index in [1.54, 1.807) is 30.5 Å². The van der Waals surface area contributed by atoms with Gasteiger partial charge in [0.2, 0.25) is 5.95 Å². The molecule has 0 aliphatic rings. The minimum atomic E-state index is -0.453. The molecule has 0 aliphatic heterocycles. The number of halogens is 1. The first-order valence-electron chi connectivity index (χ1n) is 8.59. The van der Waals surface area contributed by atoms with E-state index in [1.807, 2.05) is 18.2 Å². The van der Waals surface area contributed by atoms with Gasteiger partial charge in [-0.2, -0.15) is 0 Å². The van der Waals surface area contributed by atoms with E-state index in [0.29, 0.717) is 39.9 Å². The quantitative estimate of drug-likeness (QED) is 0.357. The lowest BCUT2D eigenvalue weighted by atomic mass is 10.2. The standard InChI is InChI=1S/C20H14ClN5O3/c21-17-10-14(4-7-19(17)29-12-15-3-1-2-8-22-15)24-20-23-11-13-9-16(26(27)28)5-6-18(13)25-20/h1-11H,12H2,(H,23,24,25). The maximum Gasteiger partial charge on any atom is 0.270 e. The van der Waals surface area contributed by atoms with Crippen LogP contribution in [0.3, 0.4) is 0 Å². The number of nitrogens with one attached hydrogen (secondary N) is 1. The lowest BCUT2D eigenvalue weighted by Gasteiger charge is -2.10. The maximum absolute atomic E-state index is 10.9. The van der Waals surface area contributed by atoms with Crippen molar-refractivity contribution in [1.82, 2.24) is 15.0 Å². The lowest BCUT2D eigenvalue weighted by Crippen LogP contribution is -2.00. The molecular formula is C20H14ClN5O3. The first-order chi connectivity index (χ1) is 14.1. The minimum Gasteiger partial charge on any atom is -0.486 e. The Labute approximate surface area is 170 Å². The Kier molecular flexibility index (Phi) is 5.17. The molecule has 0 fully saturated rings. The summed E-state index contributed by atoms with van der Waals surface area (Å²) in [5, 5.41) is 14.9. The number of benzene rings is 2. The van der Waals surface area contributed by atoms with E-state index in [4.69, 9.17) is 16.3 Å². The van der Waals surface area contributed by atoms with Crippen LogP contribution in [0, 0.1) is 10.1 Å². The molecule has 8 nitrogen and oxygen atoms in total. The zero-order chi connectivity index (χ0) is 20.2. The lowest BCUT2D eigenvalue weighted by molar-refractivity contribution is -0.384. The number of nitro groups is 1. The second-order valence-electron chi connectivity index (χ2n) is 6.07. The molecule has 4 aromatic rings. The highest BCUT2D eigenvalue weighted by molar-refractivity contribution is 6.32. The van der Waals surface area contributed by atoms with Gasteiger partial charge in [0.1, 0.15) is 12.4 Å². The summed E-state index contributed by atoms with van der Waals surface area (Å²) >= 11 is 6.31. The fourth-order valence-electron chi connectivity index (χ4n) is 2.65. The molecule has 0 saturated carbocycles. The number of non-ortho nitro benzene ring substituents is 1. The van der Waals surface area contributed by atoms with Gasteiger partial charge in [0, 0.05) is 35.6 Å². The molecule has 0 saturated heterocycles. The second-order valence-corrected chi connectivity index (χ2v) is 6.48. The molecular weight excluding hydrogens is 394 g/mol. The maximum atomic E-state index is 10.9. The average Bonchev–Trinajstić information content (AvgIpc) is 2.73. The Morgan fingerprint density at radius 3 is 2.76 bits per heavy atom. The predicted molar refractivity (Wildman–Crippen MR) is 109 cm³/mol. The first-order valence-corrected chi connectivity index (χ1v) is 8.97. The van der Waals surface area contributed by atoms with Gasteiger partial charge in [-0.25, -0.2) is 9.97 Å². The number of pyridine rings is 1. The number of hydrogen-bond donors (Lipinski definition) is 1. The minimum absolute atomic E-state index is 0.00474. The molecule has 4 rings (SSSR count). The van der Waals surface area contributed by atoms with Crippen molar-refractivity contribution in [2.75, 3.05) is 5.32 Å². The highest BCUT2D eigenvalue weighted by Gasteiger charge is 2.09. The average molecular weight is 408 g/mol. The topological polar surface area (TPSA) is 103 Å². The van der Waals surface area contributed by atoms with Gasteiger partial charge in [0.05, 0.1) is 21.2 Å². The fraction of sp³-hybridized carbons (Fsp3) is 0.0500. The van der Waals surface area contributed by atoms with Gasteiger partial charge in [0.15, 0.2) is 0 Å². The van der Waals surface area contributed by atoms with E-state index >= 15 is 0 Å². The van der Waals surface area contributed by atoms with Crippen molar-refractivity contribution in [2.24, 2.45) is 0 Å². The van der Waals surface area contributed by atoms with E-state index in [0.717, 1.165) is 5.69 Å². The number of fused-ring (bicyclic) bond motifs is 1. The third-order valence-corrected chi connectivity index (χ3v) is 4.36. The summed E-state index contributed by atoms with van der Waals surface area (Å²) in [6.07, 6.45) is 3.23. The zero-order valence-corrected chi connectivity index (χ0v) is 15.7. The van der Waals surface area contributed by atoms with Gasteiger partial charge < -0.3 is 10.1 Å². The third kappa shape index (κ3) is 4.39. The summed E-state index contributed by atoms with van der Waals surface area (Å²) in [4.78, 5) is 23.2. The molecule has 0 aliphatic carbocycles. The summed E-state index contributed by atoms with van der Waals surface area (Å²) in [5.74, 6) is 0.888. The van der Waals surface area contributed by atoms with E-state index in [2.05, 4.69) is 20.3 Å². The van der Waals surface area contributed by atoms with Gasteiger partial charge in [-0.3, -0.25) is 15.1 Å². The van der Waals surface area contributed by atoms with Crippen molar-refractivity contribution in [1.29, 1.82) is 0 Å². The molecule has 144 valence electrons. The Balaban J connectivity index is 1.48. The zero-order valence-electron chi connectivity index (χ0n) is 14.9. The van der Waals surface area contributed by atoms with E-state index < -0.39 is 4.92 Å². The first kappa shape index (κ1) is 18.6. The highest BCUT2D eigenvalue weighted by atomic mass is 35.5. The van der Waals surface area contributed by atoms with Crippen molar-refractivity contribution in [3.63, 3.8) is 0 Å². The number of rotatable bonds is 6. The summed E-state index contributed by atoms with van der Waals surface area (Å²) < 4.78 is 5.71. The molecule has 2 aromatic heterocycles. The number of nitrogens with zero attached hydrogens (tertiary/aromatic N) is 4. The second kappa shape index (κ2) is 8.07. The van der Waals surface area contributed by atoms with Gasteiger partial charge in [-0.1, -0.05) is 17.7 Å². The Hall–Kier alpha value is -3.78. The van der Waals surface area contributed by atoms with Crippen LogP contribution < -0.4 is 10.1 Å². The molecule has 9 heteroatoms. The molecule has 0 bridgehead atoms. The van der Waals surface area contributed by atoms with Gasteiger partial charge >= 0.3 is 0 Å². The number of nitro benzene ring substituents is 1. The molecule has 0 unspecified atom stereocenters. The molecule has 0 atom stereocenters. The molecule has 0 radical (unpaired) electrons. The normalized spacial score (nSPS) is 10.7. The summed E-state index contributed by atoms with van der Waals surface area (Å²) in [6.45, 7) is 0.313.